The first-order valence-electron chi connectivity index (χ1n) is 8.01. The molecule has 1 aromatic carbocycles. The molecule has 0 saturated heterocycles. The summed E-state index contributed by atoms with van der Waals surface area (Å²) in [6, 6.07) is 9.15. The van der Waals surface area contributed by atoms with E-state index in [9.17, 15) is 4.79 Å². The lowest BCUT2D eigenvalue weighted by molar-refractivity contribution is 0.0954. The van der Waals surface area contributed by atoms with Gasteiger partial charge in [0.15, 0.2) is 0 Å². The Hall–Kier alpha value is -1.83. The highest BCUT2D eigenvalue weighted by molar-refractivity contribution is 9.10. The Morgan fingerprint density at radius 2 is 2.23 bits per heavy atom. The second-order valence-electron chi connectivity index (χ2n) is 5.48. The molecule has 0 spiro atoms. The maximum atomic E-state index is 12.4. The Morgan fingerprint density at radius 1 is 1.42 bits per heavy atom. The molecule has 3 aromatic rings. The van der Waals surface area contributed by atoms with E-state index in [0.29, 0.717) is 28.8 Å². The van der Waals surface area contributed by atoms with Gasteiger partial charge in [0.2, 0.25) is 0 Å². The van der Waals surface area contributed by atoms with Gasteiger partial charge in [-0.05, 0) is 46.4 Å². The van der Waals surface area contributed by atoms with Crippen LogP contribution in [-0.4, -0.2) is 15.7 Å². The Morgan fingerprint density at radius 3 is 3.00 bits per heavy atom. The summed E-state index contributed by atoms with van der Waals surface area (Å²) in [7, 11) is 0. The number of hydrogen-bond acceptors (Lipinski definition) is 4. The molecule has 0 bridgehead atoms. The van der Waals surface area contributed by atoms with E-state index in [1.54, 1.807) is 12.3 Å². The number of para-hydroxylation sites is 1. The molecule has 3 rings (SSSR count). The molecule has 1 N–H and O–H groups in total. The molecule has 0 atom stereocenters. The molecule has 0 aliphatic heterocycles. The van der Waals surface area contributed by atoms with Crippen molar-refractivity contribution in [3.05, 3.63) is 67.5 Å². The zero-order valence-electron chi connectivity index (χ0n) is 14.0. The van der Waals surface area contributed by atoms with E-state index in [2.05, 4.69) is 26.3 Å². The maximum absolute atomic E-state index is 12.4. The van der Waals surface area contributed by atoms with E-state index in [0.717, 1.165) is 22.3 Å². The third-order valence-corrected chi connectivity index (χ3v) is 5.67. The molecule has 26 heavy (non-hydrogen) atoms. The van der Waals surface area contributed by atoms with Gasteiger partial charge in [0.25, 0.3) is 5.91 Å². The van der Waals surface area contributed by atoms with Gasteiger partial charge in [-0.25, -0.2) is 0 Å². The summed E-state index contributed by atoms with van der Waals surface area (Å²) in [5.41, 5.74) is 1.87. The summed E-state index contributed by atoms with van der Waals surface area (Å²) in [4.78, 5) is 13.0. The van der Waals surface area contributed by atoms with E-state index in [1.165, 1.54) is 11.3 Å². The number of nitrogens with one attached hydrogen (secondary N) is 1. The number of carbonyl (C=O) groups is 1. The standard InChI is InChI=1S/C18H17BrClN3O2S/c1-2-23-15(13(19)8-22-23)9-21-18(24)17-7-12(11-26-17)10-25-16-6-4-3-5-14(16)20/h3-8,11H,2,9-10H2,1H3,(H,21,24). The third kappa shape index (κ3) is 4.47. The van der Waals surface area contributed by atoms with Crippen molar-refractivity contribution in [3.8, 4) is 5.75 Å². The van der Waals surface area contributed by atoms with Gasteiger partial charge in [0, 0.05) is 12.1 Å². The summed E-state index contributed by atoms with van der Waals surface area (Å²) in [5, 5.41) is 9.66. The second kappa shape index (κ2) is 8.70. The molecule has 2 aromatic heterocycles. The summed E-state index contributed by atoms with van der Waals surface area (Å²) in [5.74, 6) is 0.513. The van der Waals surface area contributed by atoms with Gasteiger partial charge in [-0.15, -0.1) is 11.3 Å². The first kappa shape index (κ1) is 18.9. The van der Waals surface area contributed by atoms with E-state index in [1.807, 2.05) is 41.3 Å². The predicted octanol–water partition coefficient (Wildman–Crippen LogP) is 4.89. The van der Waals surface area contributed by atoms with Crippen LogP contribution in [0.2, 0.25) is 5.02 Å². The van der Waals surface area contributed by atoms with Crippen LogP contribution in [0, 0.1) is 0 Å². The van der Waals surface area contributed by atoms with E-state index in [4.69, 9.17) is 16.3 Å². The summed E-state index contributed by atoms with van der Waals surface area (Å²) in [6.45, 7) is 3.53. The van der Waals surface area contributed by atoms with Crippen LogP contribution in [0.5, 0.6) is 5.75 Å². The van der Waals surface area contributed by atoms with Gasteiger partial charge in [-0.3, -0.25) is 9.48 Å². The molecule has 2 heterocycles. The molecule has 0 fully saturated rings. The summed E-state index contributed by atoms with van der Waals surface area (Å²) < 4.78 is 8.44. The normalized spacial score (nSPS) is 10.7. The van der Waals surface area contributed by atoms with Crippen LogP contribution in [0.15, 0.2) is 46.4 Å². The fourth-order valence-electron chi connectivity index (χ4n) is 2.38. The number of aromatic nitrogens is 2. The number of ether oxygens (including phenoxy) is 1. The molecule has 1 amide bonds. The van der Waals surface area contributed by atoms with Gasteiger partial charge in [-0.1, -0.05) is 23.7 Å². The first-order chi connectivity index (χ1) is 12.6. The van der Waals surface area contributed by atoms with Gasteiger partial charge in [0.05, 0.1) is 32.8 Å². The van der Waals surface area contributed by atoms with Crippen LogP contribution in [0.3, 0.4) is 0 Å². The van der Waals surface area contributed by atoms with Crippen molar-refractivity contribution >= 4 is 44.8 Å². The molecule has 0 aliphatic carbocycles. The Kier molecular flexibility index (Phi) is 6.34. The number of nitrogens with zero attached hydrogens (tertiary/aromatic N) is 2. The average Bonchev–Trinajstić information content (AvgIpc) is 3.25. The number of rotatable bonds is 7. The monoisotopic (exact) mass is 453 g/mol. The topological polar surface area (TPSA) is 56.2 Å². The number of thiophene rings is 1. The van der Waals surface area contributed by atoms with Gasteiger partial charge in [-0.2, -0.15) is 5.10 Å². The second-order valence-corrected chi connectivity index (χ2v) is 7.65. The molecule has 136 valence electrons. The minimum absolute atomic E-state index is 0.116. The highest BCUT2D eigenvalue weighted by Crippen LogP contribution is 2.25. The van der Waals surface area contributed by atoms with Crippen molar-refractivity contribution in [3.63, 3.8) is 0 Å². The van der Waals surface area contributed by atoms with Crippen molar-refractivity contribution in [2.24, 2.45) is 0 Å². The number of carbonyl (C=O) groups excluding carboxylic acids is 1. The Balaban J connectivity index is 1.58. The van der Waals surface area contributed by atoms with Crippen LogP contribution in [0.4, 0.5) is 0 Å². The van der Waals surface area contributed by atoms with Crippen molar-refractivity contribution in [1.29, 1.82) is 0 Å². The molecular formula is C18H17BrClN3O2S. The smallest absolute Gasteiger partial charge is 0.261 e. The Bertz CT molecular complexity index is 909. The fraction of sp³-hybridized carbons (Fsp3) is 0.222. The quantitative estimate of drug-likeness (QED) is 0.553. The number of amides is 1. The molecule has 0 unspecified atom stereocenters. The largest absolute Gasteiger partial charge is 0.487 e. The van der Waals surface area contributed by atoms with Crippen LogP contribution in [-0.2, 0) is 19.7 Å². The third-order valence-electron chi connectivity index (χ3n) is 3.72. The van der Waals surface area contributed by atoms with Crippen LogP contribution in [0.25, 0.3) is 0 Å². The number of aryl methyl sites for hydroxylation is 1. The lowest BCUT2D eigenvalue weighted by atomic mass is 10.3. The van der Waals surface area contributed by atoms with Crippen LogP contribution in [0.1, 0.15) is 27.9 Å². The molecule has 0 saturated carbocycles. The predicted molar refractivity (Wildman–Crippen MR) is 107 cm³/mol. The first-order valence-corrected chi connectivity index (χ1v) is 10.1. The highest BCUT2D eigenvalue weighted by Gasteiger charge is 2.13. The van der Waals surface area contributed by atoms with Crippen molar-refractivity contribution in [2.45, 2.75) is 26.6 Å². The molecular weight excluding hydrogens is 438 g/mol. The molecule has 0 aliphatic rings. The number of hydrogen-bond donors (Lipinski definition) is 1. The molecule has 0 radical (unpaired) electrons. The van der Waals surface area contributed by atoms with E-state index in [-0.39, 0.29) is 5.91 Å². The number of benzene rings is 1. The maximum Gasteiger partial charge on any atom is 0.261 e. The average molecular weight is 455 g/mol. The highest BCUT2D eigenvalue weighted by atomic mass is 79.9. The van der Waals surface area contributed by atoms with Crippen molar-refractivity contribution < 1.29 is 9.53 Å². The SMILES string of the molecule is CCn1ncc(Br)c1CNC(=O)c1cc(COc2ccccc2Cl)cs1. The minimum Gasteiger partial charge on any atom is -0.487 e. The minimum atomic E-state index is -0.116. The van der Waals surface area contributed by atoms with Gasteiger partial charge >= 0.3 is 0 Å². The molecule has 8 heteroatoms. The Labute approximate surface area is 169 Å². The zero-order chi connectivity index (χ0) is 18.5. The van der Waals surface area contributed by atoms with E-state index < -0.39 is 0 Å². The lowest BCUT2D eigenvalue weighted by Crippen LogP contribution is -2.23. The van der Waals surface area contributed by atoms with Crippen LogP contribution >= 0.6 is 38.9 Å². The van der Waals surface area contributed by atoms with E-state index >= 15 is 0 Å². The zero-order valence-corrected chi connectivity index (χ0v) is 17.2. The summed E-state index contributed by atoms with van der Waals surface area (Å²) in [6.07, 6.45) is 1.74. The molecule has 5 nitrogen and oxygen atoms in total. The van der Waals surface area contributed by atoms with Crippen molar-refractivity contribution in [1.82, 2.24) is 15.1 Å². The number of halogens is 2. The summed E-state index contributed by atoms with van der Waals surface area (Å²) >= 11 is 10.9. The van der Waals surface area contributed by atoms with Gasteiger partial charge in [0.1, 0.15) is 12.4 Å². The van der Waals surface area contributed by atoms with Crippen LogP contribution < -0.4 is 10.1 Å². The van der Waals surface area contributed by atoms with Gasteiger partial charge < -0.3 is 10.1 Å². The van der Waals surface area contributed by atoms with Crippen molar-refractivity contribution in [2.75, 3.05) is 0 Å². The fourth-order valence-corrected chi connectivity index (χ4v) is 3.82. The lowest BCUT2D eigenvalue weighted by Gasteiger charge is -2.07.